The number of aromatic nitrogens is 1. The van der Waals surface area contributed by atoms with Crippen LogP contribution in [-0.4, -0.2) is 4.98 Å². The first-order valence-corrected chi connectivity index (χ1v) is 3.57. The fourth-order valence-corrected chi connectivity index (χ4v) is 1.03. The van der Waals surface area contributed by atoms with E-state index < -0.39 is 22.8 Å². The molecule has 0 saturated heterocycles. The average Bonchev–Trinajstić information content (AvgIpc) is 1.97. The molecule has 1 heterocycles. The Kier molecular flexibility index (Phi) is 2.80. The van der Waals surface area contributed by atoms with Crippen LogP contribution in [0.4, 0.5) is 13.2 Å². The summed E-state index contributed by atoms with van der Waals surface area (Å²) in [6, 6.07) is 0. The average molecular weight is 216 g/mol. The highest BCUT2D eigenvalue weighted by Gasteiger charge is 2.20. The van der Waals surface area contributed by atoms with Crippen molar-refractivity contribution in [2.24, 2.45) is 0 Å². The van der Waals surface area contributed by atoms with Crippen molar-refractivity contribution in [1.82, 2.24) is 4.98 Å². The van der Waals surface area contributed by atoms with E-state index in [1.54, 1.807) is 0 Å². The fraction of sp³-hybridized carbons (Fsp3) is 0.167. The summed E-state index contributed by atoms with van der Waals surface area (Å²) in [5.74, 6) is -1.15. The van der Waals surface area contributed by atoms with E-state index in [0.717, 1.165) is 0 Å². The van der Waals surface area contributed by atoms with E-state index in [4.69, 9.17) is 23.2 Å². The van der Waals surface area contributed by atoms with Gasteiger partial charge in [0.1, 0.15) is 5.15 Å². The van der Waals surface area contributed by atoms with Crippen molar-refractivity contribution in [3.8, 4) is 0 Å². The summed E-state index contributed by atoms with van der Waals surface area (Å²) in [5, 5.41) is -0.861. The Balaban J connectivity index is 3.33. The van der Waals surface area contributed by atoms with E-state index >= 15 is 0 Å². The minimum Gasteiger partial charge on any atom is -0.240 e. The summed E-state index contributed by atoms with van der Waals surface area (Å²) in [6.45, 7) is 0. The lowest BCUT2D eigenvalue weighted by molar-refractivity contribution is 0.146. The first kappa shape index (κ1) is 9.61. The van der Waals surface area contributed by atoms with Gasteiger partial charge in [-0.3, -0.25) is 0 Å². The molecule has 0 saturated carbocycles. The van der Waals surface area contributed by atoms with Crippen molar-refractivity contribution in [1.29, 1.82) is 0 Å². The van der Waals surface area contributed by atoms with Gasteiger partial charge >= 0.3 is 0 Å². The Morgan fingerprint density at radius 1 is 1.33 bits per heavy atom. The van der Waals surface area contributed by atoms with Crippen LogP contribution in [0.5, 0.6) is 0 Å². The third-order valence-corrected chi connectivity index (χ3v) is 1.95. The quantitative estimate of drug-likeness (QED) is 0.655. The number of hydrogen-bond acceptors (Lipinski definition) is 1. The summed E-state index contributed by atoms with van der Waals surface area (Å²) < 4.78 is 36.7. The van der Waals surface area contributed by atoms with Gasteiger partial charge in [-0.2, -0.15) is 0 Å². The van der Waals surface area contributed by atoms with Crippen LogP contribution < -0.4 is 0 Å². The second kappa shape index (κ2) is 3.49. The zero-order valence-corrected chi connectivity index (χ0v) is 7.00. The first-order chi connectivity index (χ1) is 5.54. The molecule has 0 bridgehead atoms. The minimum absolute atomic E-state index is 0.326. The largest absolute Gasteiger partial charge is 0.268 e. The van der Waals surface area contributed by atoms with Crippen LogP contribution in [0.1, 0.15) is 12.0 Å². The van der Waals surface area contributed by atoms with Gasteiger partial charge in [0.2, 0.25) is 0 Å². The third kappa shape index (κ3) is 1.64. The molecule has 0 radical (unpaired) electrons. The summed E-state index contributed by atoms with van der Waals surface area (Å²) in [5.41, 5.74) is -0.906. The normalized spacial score (nSPS) is 10.8. The van der Waals surface area contributed by atoms with Crippen LogP contribution >= 0.6 is 23.2 Å². The lowest BCUT2D eigenvalue weighted by Crippen LogP contribution is -1.94. The van der Waals surface area contributed by atoms with Gasteiger partial charge in [0.15, 0.2) is 5.82 Å². The SMILES string of the molecule is Fc1cnc(Cl)c(Cl)c1C(F)F. The molecule has 1 aromatic rings. The van der Waals surface area contributed by atoms with Crippen LogP contribution in [0.25, 0.3) is 0 Å². The van der Waals surface area contributed by atoms with Gasteiger partial charge < -0.3 is 0 Å². The molecule has 0 unspecified atom stereocenters. The highest BCUT2D eigenvalue weighted by Crippen LogP contribution is 2.32. The standard InChI is InChI=1S/C6H2Cl2F3N/c7-4-3(6(10)11)2(9)1-12-5(4)8/h1,6H. The van der Waals surface area contributed by atoms with E-state index in [-0.39, 0.29) is 5.15 Å². The van der Waals surface area contributed by atoms with Gasteiger partial charge in [-0.1, -0.05) is 23.2 Å². The Hall–Kier alpha value is -0.480. The molecular formula is C6H2Cl2F3N. The molecule has 0 aliphatic heterocycles. The molecule has 0 atom stereocenters. The summed E-state index contributed by atoms with van der Waals surface area (Å²) in [7, 11) is 0. The molecule has 12 heavy (non-hydrogen) atoms. The van der Waals surface area contributed by atoms with Gasteiger partial charge in [0, 0.05) is 0 Å². The fourth-order valence-electron chi connectivity index (χ4n) is 0.656. The minimum atomic E-state index is -2.99. The van der Waals surface area contributed by atoms with Gasteiger partial charge in [-0.05, 0) is 0 Å². The zero-order chi connectivity index (χ0) is 9.30. The zero-order valence-electron chi connectivity index (χ0n) is 5.49. The van der Waals surface area contributed by atoms with Crippen LogP contribution in [0.3, 0.4) is 0 Å². The Morgan fingerprint density at radius 2 is 1.92 bits per heavy atom. The topological polar surface area (TPSA) is 12.9 Å². The first-order valence-electron chi connectivity index (χ1n) is 2.81. The van der Waals surface area contributed by atoms with Crippen LogP contribution in [0.2, 0.25) is 10.2 Å². The second-order valence-electron chi connectivity index (χ2n) is 1.93. The number of halogens is 5. The molecule has 0 N–H and O–H groups in total. The van der Waals surface area contributed by atoms with E-state index in [9.17, 15) is 13.2 Å². The van der Waals surface area contributed by atoms with Crippen molar-refractivity contribution in [3.63, 3.8) is 0 Å². The van der Waals surface area contributed by atoms with Gasteiger partial charge in [-0.25, -0.2) is 18.2 Å². The molecular weight excluding hydrogens is 214 g/mol. The monoisotopic (exact) mass is 215 g/mol. The number of alkyl halides is 2. The number of nitrogens with zero attached hydrogens (tertiary/aromatic N) is 1. The Labute approximate surface area is 76.1 Å². The highest BCUT2D eigenvalue weighted by molar-refractivity contribution is 6.41. The molecule has 1 nitrogen and oxygen atoms in total. The van der Waals surface area contributed by atoms with Crippen molar-refractivity contribution in [2.45, 2.75) is 6.43 Å². The second-order valence-corrected chi connectivity index (χ2v) is 2.66. The van der Waals surface area contributed by atoms with Crippen LogP contribution in [0, 0.1) is 5.82 Å². The van der Waals surface area contributed by atoms with Crippen molar-refractivity contribution in [2.75, 3.05) is 0 Å². The number of hydrogen-bond donors (Lipinski definition) is 0. The predicted octanol–water partition coefficient (Wildman–Crippen LogP) is 3.47. The molecule has 1 aromatic heterocycles. The highest BCUT2D eigenvalue weighted by atomic mass is 35.5. The maximum absolute atomic E-state index is 12.6. The Bertz CT molecular complexity index is 303. The maximum Gasteiger partial charge on any atom is 0.268 e. The van der Waals surface area contributed by atoms with Gasteiger partial charge in [0.05, 0.1) is 16.8 Å². The smallest absolute Gasteiger partial charge is 0.240 e. The summed E-state index contributed by atoms with van der Waals surface area (Å²) in [6.07, 6.45) is -2.38. The van der Waals surface area contributed by atoms with Gasteiger partial charge in [-0.15, -0.1) is 0 Å². The molecule has 0 aliphatic carbocycles. The molecule has 0 amide bonds. The number of pyridine rings is 1. The van der Waals surface area contributed by atoms with Crippen LogP contribution in [-0.2, 0) is 0 Å². The van der Waals surface area contributed by atoms with E-state index in [1.807, 2.05) is 0 Å². The Morgan fingerprint density at radius 3 is 2.33 bits per heavy atom. The maximum atomic E-state index is 12.6. The summed E-state index contributed by atoms with van der Waals surface area (Å²) in [4.78, 5) is 3.25. The molecule has 1 rings (SSSR count). The van der Waals surface area contributed by atoms with E-state index in [1.165, 1.54) is 0 Å². The molecule has 66 valence electrons. The van der Waals surface area contributed by atoms with E-state index in [0.29, 0.717) is 6.20 Å². The predicted molar refractivity (Wildman–Crippen MR) is 39.2 cm³/mol. The van der Waals surface area contributed by atoms with Crippen molar-refractivity contribution in [3.05, 3.63) is 27.8 Å². The molecule has 0 spiro atoms. The van der Waals surface area contributed by atoms with Crippen LogP contribution in [0.15, 0.2) is 6.20 Å². The lowest BCUT2D eigenvalue weighted by atomic mass is 10.3. The molecule has 0 aromatic carbocycles. The van der Waals surface area contributed by atoms with Crippen molar-refractivity contribution >= 4 is 23.2 Å². The third-order valence-electron chi connectivity index (χ3n) is 1.18. The molecule has 0 fully saturated rings. The molecule has 0 aliphatic rings. The van der Waals surface area contributed by atoms with E-state index in [2.05, 4.69) is 4.98 Å². The lowest BCUT2D eigenvalue weighted by Gasteiger charge is -2.04. The number of rotatable bonds is 1. The summed E-state index contributed by atoms with van der Waals surface area (Å²) >= 11 is 10.6. The van der Waals surface area contributed by atoms with Gasteiger partial charge in [0.25, 0.3) is 6.43 Å². The molecule has 6 heteroatoms. The van der Waals surface area contributed by atoms with Crippen molar-refractivity contribution < 1.29 is 13.2 Å².